The molecule has 1 aromatic carbocycles. The van der Waals surface area contributed by atoms with Crippen molar-refractivity contribution in [3.05, 3.63) is 41.1 Å². The number of hydroxylamine groups is 1. The highest BCUT2D eigenvalue weighted by atomic mass is 16.5. The Balaban J connectivity index is 2.75. The van der Waals surface area contributed by atoms with Crippen LogP contribution in [0.2, 0.25) is 0 Å². The lowest BCUT2D eigenvalue weighted by Crippen LogP contribution is -2.43. The fraction of sp³-hybridized carbons (Fsp3) is 0.467. The molecule has 0 atom stereocenters. The number of hydrogen-bond donors (Lipinski definition) is 0. The van der Waals surface area contributed by atoms with Crippen LogP contribution in [0.3, 0.4) is 0 Å². The molecule has 0 unspecified atom stereocenters. The minimum Gasteiger partial charge on any atom is -0.623 e. The minimum absolute atomic E-state index is 0.0777. The average molecular weight is 262 g/mol. The van der Waals surface area contributed by atoms with Gasteiger partial charge < -0.3 is 10.1 Å². The molecule has 1 rings (SSSR count). The number of nitrogens with zero attached hydrogens (tertiary/aromatic N) is 2. The normalized spacial score (nSPS) is 12.0. The molecule has 0 aliphatic heterocycles. The van der Waals surface area contributed by atoms with E-state index in [-0.39, 0.29) is 24.5 Å². The Hall–Kier alpha value is -1.84. The first kappa shape index (κ1) is 15.2. The molecule has 0 heterocycles. The zero-order valence-corrected chi connectivity index (χ0v) is 12.0. The molecule has 0 aliphatic rings. The standard InChI is InChI=1S/C15H22N2O2/c1-12(2)17(13(3)4)15(18)11-16(19)10-14-8-6-5-7-9-14/h5-9,11-13H,10H2,1-4H3/b16-11-. The van der Waals surface area contributed by atoms with Gasteiger partial charge in [0.05, 0.1) is 0 Å². The minimum atomic E-state index is -0.240. The highest BCUT2D eigenvalue weighted by Crippen LogP contribution is 2.05. The van der Waals surface area contributed by atoms with Gasteiger partial charge in [0.25, 0.3) is 0 Å². The van der Waals surface area contributed by atoms with E-state index in [9.17, 15) is 10.0 Å². The molecular formula is C15H22N2O2. The molecule has 0 fully saturated rings. The van der Waals surface area contributed by atoms with Crippen LogP contribution < -0.4 is 0 Å². The first-order valence-corrected chi connectivity index (χ1v) is 6.56. The Labute approximate surface area is 114 Å². The highest BCUT2D eigenvalue weighted by molar-refractivity contribution is 6.24. The van der Waals surface area contributed by atoms with Gasteiger partial charge >= 0.3 is 5.91 Å². The van der Waals surface area contributed by atoms with Crippen molar-refractivity contribution < 1.29 is 9.53 Å². The monoisotopic (exact) mass is 262 g/mol. The Morgan fingerprint density at radius 1 is 1.21 bits per heavy atom. The highest BCUT2D eigenvalue weighted by Gasteiger charge is 2.20. The van der Waals surface area contributed by atoms with Crippen LogP contribution in [0, 0.1) is 5.21 Å². The van der Waals surface area contributed by atoms with Crippen molar-refractivity contribution in [3.8, 4) is 0 Å². The molecule has 0 spiro atoms. The second-order valence-electron chi connectivity index (χ2n) is 5.12. The summed E-state index contributed by atoms with van der Waals surface area (Å²) in [5.41, 5.74) is 0.891. The fourth-order valence-electron chi connectivity index (χ4n) is 2.10. The summed E-state index contributed by atoms with van der Waals surface area (Å²) in [5, 5.41) is 11.8. The Morgan fingerprint density at radius 3 is 2.21 bits per heavy atom. The van der Waals surface area contributed by atoms with E-state index in [1.165, 1.54) is 0 Å². The van der Waals surface area contributed by atoms with Crippen LogP contribution in [0.25, 0.3) is 0 Å². The zero-order chi connectivity index (χ0) is 14.4. The third kappa shape index (κ3) is 4.73. The van der Waals surface area contributed by atoms with E-state index in [2.05, 4.69) is 0 Å². The topological polar surface area (TPSA) is 46.4 Å². The molecule has 0 radical (unpaired) electrons. The molecule has 0 bridgehead atoms. The van der Waals surface area contributed by atoms with Gasteiger partial charge in [-0.2, -0.15) is 0 Å². The van der Waals surface area contributed by atoms with E-state index in [0.29, 0.717) is 4.74 Å². The summed E-state index contributed by atoms with van der Waals surface area (Å²) in [4.78, 5) is 13.7. The zero-order valence-electron chi connectivity index (χ0n) is 12.0. The molecule has 0 saturated heterocycles. The van der Waals surface area contributed by atoms with Crippen molar-refractivity contribution in [2.75, 3.05) is 0 Å². The number of carbonyl (C=O) groups is 1. The van der Waals surface area contributed by atoms with E-state index in [1.54, 1.807) is 4.90 Å². The molecule has 19 heavy (non-hydrogen) atoms. The third-order valence-electron chi connectivity index (χ3n) is 2.80. The maximum absolute atomic E-state index is 12.1. The quantitative estimate of drug-likeness (QED) is 0.354. The lowest BCUT2D eigenvalue weighted by atomic mass is 10.2. The van der Waals surface area contributed by atoms with Crippen LogP contribution in [-0.2, 0) is 11.3 Å². The van der Waals surface area contributed by atoms with Gasteiger partial charge in [-0.15, -0.1) is 0 Å². The number of hydrogen-bond acceptors (Lipinski definition) is 2. The molecule has 104 valence electrons. The van der Waals surface area contributed by atoms with Crippen molar-refractivity contribution in [3.63, 3.8) is 0 Å². The van der Waals surface area contributed by atoms with E-state index < -0.39 is 0 Å². The Bertz CT molecular complexity index is 431. The van der Waals surface area contributed by atoms with Crippen molar-refractivity contribution >= 4 is 12.1 Å². The van der Waals surface area contributed by atoms with E-state index >= 15 is 0 Å². The van der Waals surface area contributed by atoms with Gasteiger partial charge in [0, 0.05) is 17.6 Å². The fourth-order valence-corrected chi connectivity index (χ4v) is 2.10. The van der Waals surface area contributed by atoms with Crippen molar-refractivity contribution in [1.82, 2.24) is 4.90 Å². The lowest BCUT2D eigenvalue weighted by molar-refractivity contribution is -0.469. The van der Waals surface area contributed by atoms with Gasteiger partial charge in [0.1, 0.15) is 0 Å². The van der Waals surface area contributed by atoms with Crippen molar-refractivity contribution in [2.45, 2.75) is 46.3 Å². The Kier molecular flexibility index (Phi) is 5.55. The molecule has 4 nitrogen and oxygen atoms in total. The largest absolute Gasteiger partial charge is 0.623 e. The summed E-state index contributed by atoms with van der Waals surface area (Å²) in [6.45, 7) is 7.96. The molecule has 0 aromatic heterocycles. The van der Waals surface area contributed by atoms with E-state index in [1.807, 2.05) is 58.0 Å². The summed E-state index contributed by atoms with van der Waals surface area (Å²) < 4.78 is 0.690. The van der Waals surface area contributed by atoms with Crippen LogP contribution >= 0.6 is 0 Å². The molecule has 1 amide bonds. The summed E-state index contributed by atoms with van der Waals surface area (Å²) in [5.74, 6) is -0.240. The van der Waals surface area contributed by atoms with E-state index in [0.717, 1.165) is 11.8 Å². The predicted octanol–water partition coefficient (Wildman–Crippen LogP) is 2.41. The molecule has 0 aliphatic carbocycles. The maximum atomic E-state index is 12.1. The number of carbonyl (C=O) groups excluding carboxylic acids is 1. The molecule has 4 heteroatoms. The second kappa shape index (κ2) is 6.92. The van der Waals surface area contributed by atoms with Gasteiger partial charge in [0.15, 0.2) is 6.54 Å². The van der Waals surface area contributed by atoms with Gasteiger partial charge in [-0.25, -0.2) is 4.74 Å². The van der Waals surface area contributed by atoms with Gasteiger partial charge in [-0.1, -0.05) is 30.3 Å². The number of amides is 1. The Morgan fingerprint density at radius 2 is 1.74 bits per heavy atom. The van der Waals surface area contributed by atoms with Crippen LogP contribution in [-0.4, -0.2) is 33.8 Å². The molecule has 0 saturated carbocycles. The van der Waals surface area contributed by atoms with Crippen LogP contribution in [0.15, 0.2) is 30.3 Å². The van der Waals surface area contributed by atoms with Crippen molar-refractivity contribution in [2.24, 2.45) is 0 Å². The summed E-state index contributed by atoms with van der Waals surface area (Å²) in [7, 11) is 0. The first-order chi connectivity index (χ1) is 8.91. The summed E-state index contributed by atoms with van der Waals surface area (Å²) in [6.07, 6.45) is 1.13. The van der Waals surface area contributed by atoms with Crippen molar-refractivity contribution in [1.29, 1.82) is 0 Å². The van der Waals surface area contributed by atoms with Gasteiger partial charge in [-0.05, 0) is 27.7 Å². The molecule has 0 N–H and O–H groups in total. The van der Waals surface area contributed by atoms with Crippen LogP contribution in [0.1, 0.15) is 33.3 Å². The maximum Gasteiger partial charge on any atom is 0.312 e. The van der Waals surface area contributed by atoms with Gasteiger partial charge in [-0.3, -0.25) is 4.79 Å². The summed E-state index contributed by atoms with van der Waals surface area (Å²) in [6, 6.07) is 9.53. The average Bonchev–Trinajstić information content (AvgIpc) is 2.28. The number of benzene rings is 1. The van der Waals surface area contributed by atoms with E-state index in [4.69, 9.17) is 0 Å². The molecular weight excluding hydrogens is 240 g/mol. The smallest absolute Gasteiger partial charge is 0.312 e. The first-order valence-electron chi connectivity index (χ1n) is 6.56. The lowest BCUT2D eigenvalue weighted by Gasteiger charge is -2.28. The molecule has 1 aromatic rings. The second-order valence-corrected chi connectivity index (χ2v) is 5.12. The SMILES string of the molecule is CC(C)N(C(=O)/C=[N+](\[O-])Cc1ccccc1)C(C)C. The van der Waals surface area contributed by atoms with Crippen LogP contribution in [0.5, 0.6) is 0 Å². The van der Waals surface area contributed by atoms with Crippen LogP contribution in [0.4, 0.5) is 0 Å². The third-order valence-corrected chi connectivity index (χ3v) is 2.80. The summed E-state index contributed by atoms with van der Waals surface area (Å²) >= 11 is 0. The predicted molar refractivity (Wildman–Crippen MR) is 77.0 cm³/mol. The van der Waals surface area contributed by atoms with Gasteiger partial charge in [0.2, 0.25) is 6.21 Å². The number of rotatable bonds is 5.